The molecule has 2 aromatic carbocycles. The van der Waals surface area contributed by atoms with Gasteiger partial charge < -0.3 is 5.32 Å². The van der Waals surface area contributed by atoms with Crippen molar-refractivity contribution in [1.82, 2.24) is 10.7 Å². The van der Waals surface area contributed by atoms with Gasteiger partial charge in [-0.05, 0) is 42.1 Å². The van der Waals surface area contributed by atoms with Crippen molar-refractivity contribution in [2.75, 3.05) is 0 Å². The minimum absolute atomic E-state index is 0.123. The van der Waals surface area contributed by atoms with Crippen LogP contribution in [0.2, 0.25) is 0 Å². The fraction of sp³-hybridized carbons (Fsp3) is 0.0455. The molecule has 140 valence electrons. The molecule has 3 rings (SSSR count). The Morgan fingerprint density at radius 1 is 0.964 bits per heavy atom. The summed E-state index contributed by atoms with van der Waals surface area (Å²) in [5, 5.41) is 8.56. The monoisotopic (exact) mass is 389 g/mol. The highest BCUT2D eigenvalue weighted by Gasteiger charge is 2.14. The lowest BCUT2D eigenvalue weighted by Crippen LogP contribution is -2.32. The highest BCUT2D eigenvalue weighted by molar-refractivity contribution is 7.10. The van der Waals surface area contributed by atoms with Crippen molar-refractivity contribution in [3.63, 3.8) is 0 Å². The van der Waals surface area contributed by atoms with Gasteiger partial charge in [-0.25, -0.2) is 5.43 Å². The fourth-order valence-electron chi connectivity index (χ4n) is 2.34. The second kappa shape index (κ2) is 9.43. The highest BCUT2D eigenvalue weighted by atomic mass is 32.1. The molecule has 0 aliphatic heterocycles. The second-order valence-electron chi connectivity index (χ2n) is 6.00. The van der Waals surface area contributed by atoms with Gasteiger partial charge in [0.15, 0.2) is 0 Å². The minimum Gasteiger partial charge on any atom is -0.317 e. The minimum atomic E-state index is -0.499. The van der Waals surface area contributed by atoms with E-state index < -0.39 is 5.91 Å². The summed E-state index contributed by atoms with van der Waals surface area (Å²) in [6.45, 7) is 2.00. The summed E-state index contributed by atoms with van der Waals surface area (Å²) in [6, 6.07) is 20.2. The number of carbonyl (C=O) groups is 2. The fourth-order valence-corrected chi connectivity index (χ4v) is 2.99. The Labute approximate surface area is 167 Å². The lowest BCUT2D eigenvalue weighted by atomic mass is 10.2. The number of thiophene rings is 1. The molecule has 3 aromatic rings. The first-order chi connectivity index (χ1) is 13.6. The number of carbonyl (C=O) groups excluding carboxylic acids is 2. The average Bonchev–Trinajstić information content (AvgIpc) is 3.22. The van der Waals surface area contributed by atoms with Crippen molar-refractivity contribution in [1.29, 1.82) is 0 Å². The number of amides is 2. The molecular formula is C22H19N3O2S. The molecule has 0 bridgehead atoms. The summed E-state index contributed by atoms with van der Waals surface area (Å²) < 4.78 is 0. The zero-order valence-electron chi connectivity index (χ0n) is 15.3. The van der Waals surface area contributed by atoms with Gasteiger partial charge in [0.2, 0.25) is 0 Å². The van der Waals surface area contributed by atoms with Crippen LogP contribution in [0, 0.1) is 6.92 Å². The lowest BCUT2D eigenvalue weighted by Gasteiger charge is -2.08. The van der Waals surface area contributed by atoms with E-state index in [-0.39, 0.29) is 11.6 Å². The third kappa shape index (κ3) is 5.49. The summed E-state index contributed by atoms with van der Waals surface area (Å²) in [5.74, 6) is -0.859. The molecule has 0 fully saturated rings. The maximum absolute atomic E-state index is 12.6. The molecule has 1 heterocycles. The van der Waals surface area contributed by atoms with Crippen LogP contribution in [0.3, 0.4) is 0 Å². The molecule has 0 atom stereocenters. The van der Waals surface area contributed by atoms with E-state index in [1.54, 1.807) is 36.6 Å². The van der Waals surface area contributed by atoms with Gasteiger partial charge >= 0.3 is 0 Å². The molecule has 28 heavy (non-hydrogen) atoms. The van der Waals surface area contributed by atoms with E-state index in [4.69, 9.17) is 0 Å². The maximum atomic E-state index is 12.6. The topological polar surface area (TPSA) is 70.6 Å². The van der Waals surface area contributed by atoms with Gasteiger partial charge in [-0.1, -0.05) is 54.1 Å². The van der Waals surface area contributed by atoms with Gasteiger partial charge in [0.25, 0.3) is 11.8 Å². The summed E-state index contributed by atoms with van der Waals surface area (Å²) in [7, 11) is 0. The SMILES string of the molecule is Cc1ccc(C=NNC(=O)C(=Cc2cccs2)NC(=O)c2ccccc2)cc1. The van der Waals surface area contributed by atoms with Gasteiger partial charge in [-0.3, -0.25) is 9.59 Å². The Morgan fingerprint density at radius 2 is 1.71 bits per heavy atom. The first-order valence-corrected chi connectivity index (χ1v) is 9.51. The van der Waals surface area contributed by atoms with E-state index in [1.807, 2.05) is 54.8 Å². The standard InChI is InChI=1S/C22H19N3O2S/c1-16-9-11-17(12-10-16)15-23-25-22(27)20(14-19-8-5-13-28-19)24-21(26)18-6-3-2-4-7-18/h2-15H,1H3,(H,24,26)(H,25,27). The van der Waals surface area contributed by atoms with Crippen LogP contribution >= 0.6 is 11.3 Å². The molecule has 5 nitrogen and oxygen atoms in total. The van der Waals surface area contributed by atoms with Crippen molar-refractivity contribution in [3.8, 4) is 0 Å². The first kappa shape index (κ1) is 19.3. The number of hydrogen-bond donors (Lipinski definition) is 2. The van der Waals surface area contributed by atoms with Gasteiger partial charge in [-0.2, -0.15) is 5.10 Å². The molecule has 0 unspecified atom stereocenters. The van der Waals surface area contributed by atoms with Gasteiger partial charge in [0, 0.05) is 10.4 Å². The van der Waals surface area contributed by atoms with Gasteiger partial charge in [-0.15, -0.1) is 11.3 Å². The molecule has 0 aliphatic carbocycles. The quantitative estimate of drug-likeness (QED) is 0.380. The number of aryl methyl sites for hydroxylation is 1. The van der Waals surface area contributed by atoms with E-state index in [0.717, 1.165) is 16.0 Å². The number of hydrogen-bond acceptors (Lipinski definition) is 4. The van der Waals surface area contributed by atoms with Crippen LogP contribution in [0.4, 0.5) is 0 Å². The van der Waals surface area contributed by atoms with Crippen LogP contribution in [-0.2, 0) is 4.79 Å². The number of rotatable bonds is 6. The van der Waals surface area contributed by atoms with Gasteiger partial charge in [0.05, 0.1) is 6.21 Å². The Bertz CT molecular complexity index is 992. The predicted octanol–water partition coefficient (Wildman–Crippen LogP) is 3.98. The third-order valence-corrected chi connectivity index (χ3v) is 4.63. The molecule has 2 N–H and O–H groups in total. The van der Waals surface area contributed by atoms with Crippen LogP contribution in [0.1, 0.15) is 26.4 Å². The van der Waals surface area contributed by atoms with Crippen molar-refractivity contribution >= 4 is 35.4 Å². The number of hydrazone groups is 1. The lowest BCUT2D eigenvalue weighted by molar-refractivity contribution is -0.117. The summed E-state index contributed by atoms with van der Waals surface area (Å²) in [5.41, 5.74) is 5.07. The van der Waals surface area contributed by atoms with Crippen molar-refractivity contribution in [2.45, 2.75) is 6.92 Å². The maximum Gasteiger partial charge on any atom is 0.287 e. The number of nitrogens with zero attached hydrogens (tertiary/aromatic N) is 1. The Hall–Kier alpha value is -3.51. The Morgan fingerprint density at radius 3 is 2.39 bits per heavy atom. The second-order valence-corrected chi connectivity index (χ2v) is 6.98. The predicted molar refractivity (Wildman–Crippen MR) is 113 cm³/mol. The highest BCUT2D eigenvalue weighted by Crippen LogP contribution is 2.13. The number of nitrogens with one attached hydrogen (secondary N) is 2. The molecule has 0 radical (unpaired) electrons. The van der Waals surface area contributed by atoms with E-state index in [1.165, 1.54) is 11.3 Å². The van der Waals surface area contributed by atoms with Crippen LogP contribution in [0.15, 0.2) is 82.9 Å². The molecular weight excluding hydrogens is 370 g/mol. The van der Waals surface area contributed by atoms with Crippen LogP contribution < -0.4 is 10.7 Å². The Kier molecular flexibility index (Phi) is 6.49. The molecule has 0 spiro atoms. The van der Waals surface area contributed by atoms with E-state index in [0.29, 0.717) is 5.56 Å². The molecule has 2 amide bonds. The molecule has 0 saturated carbocycles. The van der Waals surface area contributed by atoms with Gasteiger partial charge in [0.1, 0.15) is 5.70 Å². The molecule has 6 heteroatoms. The zero-order valence-corrected chi connectivity index (χ0v) is 16.1. The number of benzene rings is 2. The van der Waals surface area contributed by atoms with Crippen LogP contribution in [0.5, 0.6) is 0 Å². The summed E-state index contributed by atoms with van der Waals surface area (Å²) >= 11 is 1.47. The van der Waals surface area contributed by atoms with Crippen molar-refractivity contribution in [2.24, 2.45) is 5.10 Å². The summed E-state index contributed by atoms with van der Waals surface area (Å²) in [6.07, 6.45) is 3.18. The normalized spacial score (nSPS) is 11.4. The third-order valence-electron chi connectivity index (χ3n) is 3.82. The van der Waals surface area contributed by atoms with E-state index in [2.05, 4.69) is 15.8 Å². The van der Waals surface area contributed by atoms with Crippen LogP contribution in [0.25, 0.3) is 6.08 Å². The largest absolute Gasteiger partial charge is 0.317 e. The zero-order chi connectivity index (χ0) is 19.8. The first-order valence-electron chi connectivity index (χ1n) is 8.63. The van der Waals surface area contributed by atoms with Crippen LogP contribution in [-0.4, -0.2) is 18.0 Å². The molecule has 1 aromatic heterocycles. The van der Waals surface area contributed by atoms with E-state index in [9.17, 15) is 9.59 Å². The average molecular weight is 389 g/mol. The van der Waals surface area contributed by atoms with E-state index >= 15 is 0 Å². The van der Waals surface area contributed by atoms with Crippen molar-refractivity contribution in [3.05, 3.63) is 99.4 Å². The molecule has 0 aliphatic rings. The molecule has 0 saturated heterocycles. The van der Waals surface area contributed by atoms with Crippen molar-refractivity contribution < 1.29 is 9.59 Å². The summed E-state index contributed by atoms with van der Waals surface area (Å²) in [4.78, 5) is 25.9. The smallest absolute Gasteiger partial charge is 0.287 e. The Balaban J connectivity index is 1.73.